The Labute approximate surface area is 183 Å². The molecule has 8 heteroatoms. The third-order valence-electron chi connectivity index (χ3n) is 4.73. The van der Waals surface area contributed by atoms with Crippen LogP contribution in [-0.4, -0.2) is 29.8 Å². The number of hydrogen-bond donors (Lipinski definition) is 0. The van der Waals surface area contributed by atoms with Gasteiger partial charge < -0.3 is 18.8 Å². The van der Waals surface area contributed by atoms with Crippen LogP contribution in [-0.2, 0) is 20.9 Å². The molecular formula is C23H22N2O5S. The fourth-order valence-corrected chi connectivity index (χ4v) is 4.49. The fraction of sp³-hybridized carbons (Fsp3) is 0.261. The molecule has 0 N–H and O–H groups in total. The number of rotatable bonds is 5. The van der Waals surface area contributed by atoms with E-state index in [1.807, 2.05) is 26.0 Å². The van der Waals surface area contributed by atoms with Crippen LogP contribution in [0, 0.1) is 13.8 Å². The van der Waals surface area contributed by atoms with Crippen LogP contribution >= 0.6 is 11.3 Å². The standard InChI is InChI=1S/C23H22N2O5S/c1-4-28-21(27)12-25-17-10-14(2)9-15(3)22(17)31-23(25)24-20(26)8-6-16-5-7-18-19(11-16)30-13-29-18/h5-11H,4,12-13H2,1-3H3. The Morgan fingerprint density at radius 3 is 2.81 bits per heavy atom. The van der Waals surface area contributed by atoms with E-state index in [1.165, 1.54) is 17.4 Å². The normalized spacial score (nSPS) is 13.3. The number of carbonyl (C=O) groups excluding carboxylic acids is 2. The predicted molar refractivity (Wildman–Crippen MR) is 118 cm³/mol. The summed E-state index contributed by atoms with van der Waals surface area (Å²) < 4.78 is 18.5. The number of esters is 1. The molecule has 1 aliphatic heterocycles. The van der Waals surface area contributed by atoms with E-state index in [2.05, 4.69) is 11.1 Å². The molecule has 2 aromatic carbocycles. The summed E-state index contributed by atoms with van der Waals surface area (Å²) in [4.78, 5) is 29.5. The molecule has 0 spiro atoms. The molecule has 31 heavy (non-hydrogen) atoms. The number of hydrogen-bond acceptors (Lipinski definition) is 6. The van der Waals surface area contributed by atoms with Crippen molar-refractivity contribution in [3.8, 4) is 11.5 Å². The molecule has 7 nitrogen and oxygen atoms in total. The molecule has 1 aromatic heterocycles. The zero-order valence-corrected chi connectivity index (χ0v) is 18.3. The number of aryl methyl sites for hydroxylation is 2. The molecule has 2 heterocycles. The summed E-state index contributed by atoms with van der Waals surface area (Å²) in [5.41, 5.74) is 3.81. The number of ether oxygens (including phenoxy) is 3. The highest BCUT2D eigenvalue weighted by molar-refractivity contribution is 7.16. The molecule has 0 bridgehead atoms. The average molecular weight is 439 g/mol. The van der Waals surface area contributed by atoms with E-state index in [4.69, 9.17) is 14.2 Å². The van der Waals surface area contributed by atoms with Crippen molar-refractivity contribution in [2.45, 2.75) is 27.3 Å². The van der Waals surface area contributed by atoms with Gasteiger partial charge in [-0.25, -0.2) is 0 Å². The van der Waals surface area contributed by atoms with Crippen molar-refractivity contribution in [2.24, 2.45) is 4.99 Å². The summed E-state index contributed by atoms with van der Waals surface area (Å²) >= 11 is 1.38. The van der Waals surface area contributed by atoms with E-state index in [1.54, 1.807) is 29.7 Å². The Kier molecular flexibility index (Phi) is 5.90. The van der Waals surface area contributed by atoms with Crippen LogP contribution in [0.25, 0.3) is 16.3 Å². The monoisotopic (exact) mass is 438 g/mol. The zero-order chi connectivity index (χ0) is 22.0. The minimum absolute atomic E-state index is 0.00524. The zero-order valence-electron chi connectivity index (χ0n) is 17.5. The lowest BCUT2D eigenvalue weighted by Crippen LogP contribution is -2.22. The summed E-state index contributed by atoms with van der Waals surface area (Å²) in [6.07, 6.45) is 3.07. The fourth-order valence-electron chi connectivity index (χ4n) is 3.40. The number of fused-ring (bicyclic) bond motifs is 2. The number of carbonyl (C=O) groups is 2. The van der Waals surface area contributed by atoms with E-state index in [0.29, 0.717) is 22.9 Å². The number of nitrogens with zero attached hydrogens (tertiary/aromatic N) is 2. The van der Waals surface area contributed by atoms with Gasteiger partial charge in [0.2, 0.25) is 6.79 Å². The molecule has 1 amide bonds. The van der Waals surface area contributed by atoms with Crippen molar-refractivity contribution in [1.29, 1.82) is 0 Å². The molecule has 0 atom stereocenters. The second kappa shape index (κ2) is 8.77. The second-order valence-corrected chi connectivity index (χ2v) is 8.08. The lowest BCUT2D eigenvalue weighted by atomic mass is 10.1. The van der Waals surface area contributed by atoms with Crippen molar-refractivity contribution in [3.05, 3.63) is 57.9 Å². The van der Waals surface area contributed by atoms with Crippen LogP contribution in [0.4, 0.5) is 0 Å². The van der Waals surface area contributed by atoms with Gasteiger partial charge in [0.25, 0.3) is 5.91 Å². The Balaban J connectivity index is 1.69. The predicted octanol–water partition coefficient (Wildman–Crippen LogP) is 3.75. The number of aromatic nitrogens is 1. The van der Waals surface area contributed by atoms with E-state index in [-0.39, 0.29) is 19.3 Å². The minimum Gasteiger partial charge on any atom is -0.465 e. The molecule has 0 aliphatic carbocycles. The molecule has 0 saturated carbocycles. The molecule has 4 rings (SSSR count). The Hall–Kier alpha value is -3.39. The topological polar surface area (TPSA) is 79.1 Å². The van der Waals surface area contributed by atoms with Crippen molar-refractivity contribution >= 4 is 39.5 Å². The highest BCUT2D eigenvalue weighted by atomic mass is 32.1. The van der Waals surface area contributed by atoms with Crippen molar-refractivity contribution in [2.75, 3.05) is 13.4 Å². The first-order valence-electron chi connectivity index (χ1n) is 9.87. The van der Waals surface area contributed by atoms with Gasteiger partial charge in [-0.05, 0) is 61.7 Å². The summed E-state index contributed by atoms with van der Waals surface area (Å²) in [7, 11) is 0. The summed E-state index contributed by atoms with van der Waals surface area (Å²) in [6.45, 7) is 6.25. The second-order valence-electron chi connectivity index (χ2n) is 7.10. The minimum atomic E-state index is -0.420. The maximum atomic E-state index is 12.6. The van der Waals surface area contributed by atoms with E-state index >= 15 is 0 Å². The van der Waals surface area contributed by atoms with Crippen molar-refractivity contribution in [3.63, 3.8) is 0 Å². The van der Waals surface area contributed by atoms with Crippen molar-refractivity contribution in [1.82, 2.24) is 4.57 Å². The summed E-state index contributed by atoms with van der Waals surface area (Å²) in [5.74, 6) is 0.542. The van der Waals surface area contributed by atoms with Crippen LogP contribution in [0.5, 0.6) is 11.5 Å². The first-order chi connectivity index (χ1) is 14.9. The van der Waals surface area contributed by atoms with Gasteiger partial charge in [-0.1, -0.05) is 23.5 Å². The van der Waals surface area contributed by atoms with Gasteiger partial charge in [0.1, 0.15) is 6.54 Å². The number of thiazole rings is 1. The Bertz CT molecular complexity index is 1270. The number of amides is 1. The van der Waals surface area contributed by atoms with Gasteiger partial charge in [0, 0.05) is 6.08 Å². The highest BCUT2D eigenvalue weighted by Crippen LogP contribution is 2.32. The van der Waals surface area contributed by atoms with Gasteiger partial charge in [0.05, 0.1) is 16.8 Å². The lowest BCUT2D eigenvalue weighted by Gasteiger charge is -2.06. The van der Waals surface area contributed by atoms with Crippen molar-refractivity contribution < 1.29 is 23.8 Å². The smallest absolute Gasteiger partial charge is 0.326 e. The van der Waals surface area contributed by atoms with Crippen LogP contribution < -0.4 is 14.3 Å². The Morgan fingerprint density at radius 1 is 1.19 bits per heavy atom. The number of benzene rings is 2. The summed E-state index contributed by atoms with van der Waals surface area (Å²) in [5, 5.41) is 0. The summed E-state index contributed by atoms with van der Waals surface area (Å²) in [6, 6.07) is 9.50. The molecule has 0 radical (unpaired) electrons. The third-order valence-corrected chi connectivity index (χ3v) is 5.96. The molecule has 0 unspecified atom stereocenters. The SMILES string of the molecule is CCOC(=O)Cn1c(=NC(=O)C=Cc2ccc3c(c2)OCO3)sc2c(C)cc(C)cc21. The van der Waals surface area contributed by atoms with Crippen LogP contribution in [0.15, 0.2) is 41.4 Å². The maximum absolute atomic E-state index is 12.6. The first-order valence-corrected chi connectivity index (χ1v) is 10.7. The maximum Gasteiger partial charge on any atom is 0.326 e. The van der Waals surface area contributed by atoms with Crippen LogP contribution in [0.1, 0.15) is 23.6 Å². The van der Waals surface area contributed by atoms with Gasteiger partial charge in [-0.15, -0.1) is 0 Å². The van der Waals surface area contributed by atoms with Gasteiger partial charge in [-0.3, -0.25) is 9.59 Å². The van der Waals surface area contributed by atoms with E-state index in [0.717, 1.165) is 26.9 Å². The third kappa shape index (κ3) is 4.54. The molecule has 3 aromatic rings. The highest BCUT2D eigenvalue weighted by Gasteiger charge is 2.14. The van der Waals surface area contributed by atoms with Crippen LogP contribution in [0.3, 0.4) is 0 Å². The van der Waals surface area contributed by atoms with E-state index in [9.17, 15) is 9.59 Å². The van der Waals surface area contributed by atoms with Gasteiger partial charge >= 0.3 is 5.97 Å². The van der Waals surface area contributed by atoms with Gasteiger partial charge in [0.15, 0.2) is 16.3 Å². The molecule has 1 aliphatic rings. The van der Waals surface area contributed by atoms with Crippen LogP contribution in [0.2, 0.25) is 0 Å². The first kappa shape index (κ1) is 20.9. The average Bonchev–Trinajstić information content (AvgIpc) is 3.32. The lowest BCUT2D eigenvalue weighted by molar-refractivity contribution is -0.143. The molecule has 160 valence electrons. The van der Waals surface area contributed by atoms with Gasteiger partial charge in [-0.2, -0.15) is 4.99 Å². The molecule has 0 fully saturated rings. The largest absolute Gasteiger partial charge is 0.465 e. The molecular weight excluding hydrogens is 416 g/mol. The Morgan fingerprint density at radius 2 is 2.00 bits per heavy atom. The van der Waals surface area contributed by atoms with E-state index < -0.39 is 5.91 Å². The quantitative estimate of drug-likeness (QED) is 0.448. The molecule has 0 saturated heterocycles.